The summed E-state index contributed by atoms with van der Waals surface area (Å²) in [4.78, 5) is 11.6. The molecule has 1 N–H and O–H groups in total. The van der Waals surface area contributed by atoms with Crippen LogP contribution in [-0.2, 0) is 22.7 Å². The van der Waals surface area contributed by atoms with E-state index in [-0.39, 0.29) is 0 Å². The van der Waals surface area contributed by atoms with Gasteiger partial charge in [-0.25, -0.2) is 4.79 Å². The number of anilines is 1. The van der Waals surface area contributed by atoms with Crippen LogP contribution in [0, 0.1) is 9.49 Å². The van der Waals surface area contributed by atoms with Gasteiger partial charge in [-0.15, -0.1) is 0 Å². The molecule has 32 heavy (non-hydrogen) atoms. The highest BCUT2D eigenvalue weighted by molar-refractivity contribution is 14.1. The summed E-state index contributed by atoms with van der Waals surface area (Å²) in [6.07, 6.45) is 0. The molecule has 2 atom stereocenters. The van der Waals surface area contributed by atoms with Crippen LogP contribution in [-0.4, -0.2) is 25.9 Å². The van der Waals surface area contributed by atoms with Crippen LogP contribution in [0.5, 0.6) is 5.75 Å². The van der Waals surface area contributed by atoms with Gasteiger partial charge in [0.2, 0.25) is 0 Å². The molecule has 168 valence electrons. The summed E-state index contributed by atoms with van der Waals surface area (Å²) in [6, 6.07) is 21.3. The maximum atomic E-state index is 11.8. The van der Waals surface area contributed by atoms with Gasteiger partial charge < -0.3 is 14.4 Å². The van der Waals surface area contributed by atoms with Crippen molar-refractivity contribution in [2.24, 2.45) is 5.92 Å². The Bertz CT molecular complexity index is 1090. The zero-order chi connectivity index (χ0) is 23.3. The van der Waals surface area contributed by atoms with Crippen LogP contribution >= 0.6 is 22.6 Å². The third kappa shape index (κ3) is 5.87. The van der Waals surface area contributed by atoms with Gasteiger partial charge in [0, 0.05) is 26.1 Å². The number of carboxylic acid groups (broad SMARTS) is 1. The topological polar surface area (TPSA) is 89.9 Å². The van der Waals surface area contributed by atoms with Gasteiger partial charge in [0.15, 0.2) is 0 Å². The van der Waals surface area contributed by atoms with E-state index in [2.05, 4.69) is 22.6 Å². The van der Waals surface area contributed by atoms with Gasteiger partial charge in [-0.3, -0.25) is 8.51 Å². The normalized spacial score (nSPS) is 12.9. The average Bonchev–Trinajstić information content (AvgIpc) is 2.76. The minimum absolute atomic E-state index is 0.306. The van der Waals surface area contributed by atoms with Crippen molar-refractivity contribution in [3.8, 4) is 16.9 Å². The summed E-state index contributed by atoms with van der Waals surface area (Å²) >= 11 is -0.431. The van der Waals surface area contributed by atoms with Crippen LogP contribution in [0.25, 0.3) is 11.1 Å². The Labute approximate surface area is 203 Å². The monoisotopic (exact) mass is 564 g/mol. The lowest BCUT2D eigenvalue weighted by Crippen LogP contribution is -2.45. The van der Waals surface area contributed by atoms with Crippen LogP contribution < -0.4 is 9.04 Å². The van der Waals surface area contributed by atoms with Crippen LogP contribution in [0.4, 0.5) is 5.69 Å². The number of hydrogen-bond acceptors (Lipinski definition) is 4. The molecule has 0 saturated heterocycles. The maximum absolute atomic E-state index is 11.8. The second-order valence-electron chi connectivity index (χ2n) is 7.52. The number of carbonyl (C=O) groups is 1. The highest BCUT2D eigenvalue weighted by atomic mass is 127. The molecule has 0 amide bonds. The van der Waals surface area contributed by atoms with E-state index < -0.39 is 29.2 Å². The molecule has 3 rings (SSSR count). The second-order valence-corrected chi connectivity index (χ2v) is 9.51. The Balaban J connectivity index is 1.74. The number of aliphatic carboxylic acids is 1. The van der Waals surface area contributed by atoms with Gasteiger partial charge in [-0.1, -0.05) is 56.3 Å². The van der Waals surface area contributed by atoms with Gasteiger partial charge >= 0.3 is 5.97 Å². The zero-order valence-corrected chi connectivity index (χ0v) is 20.6. The summed E-state index contributed by atoms with van der Waals surface area (Å²) in [5, 5.41) is 9.49. The number of nitrogens with zero attached hydrogens (tertiary/aromatic N) is 1. The Hall–Kier alpha value is -2.43. The first-order chi connectivity index (χ1) is 15.3. The van der Waals surface area contributed by atoms with Crippen molar-refractivity contribution in [3.63, 3.8) is 0 Å². The first-order valence-electron chi connectivity index (χ1n) is 9.96. The number of hydrogen-bond donors (Lipinski definition) is 1. The third-order valence-corrected chi connectivity index (χ3v) is 6.77. The molecule has 3 aromatic carbocycles. The maximum Gasteiger partial charge on any atom is 0.327 e. The molecule has 0 heterocycles. The molecule has 0 aromatic heterocycles. The lowest BCUT2D eigenvalue weighted by atomic mass is 10.0. The van der Waals surface area contributed by atoms with Crippen LogP contribution in [0.1, 0.15) is 19.4 Å². The number of rotatable bonds is 9. The van der Waals surface area contributed by atoms with Crippen LogP contribution in [0.3, 0.4) is 0 Å². The Kier molecular flexibility index (Phi) is 8.27. The first kappa shape index (κ1) is 24.2. The smallest absolute Gasteiger partial charge is 0.327 e. The predicted octanol–water partition coefficient (Wildman–Crippen LogP) is 5.25. The Morgan fingerprint density at radius 3 is 2.09 bits per heavy atom. The fraction of sp³-hybridized carbons (Fsp3) is 0.208. The zero-order valence-electron chi connectivity index (χ0n) is 17.6. The molecule has 8 heteroatoms. The quantitative estimate of drug-likeness (QED) is 0.284. The summed E-state index contributed by atoms with van der Waals surface area (Å²) < 4.78 is 31.5. The van der Waals surface area contributed by atoms with Crippen molar-refractivity contribution in [1.29, 1.82) is 0 Å². The Morgan fingerprint density at radius 2 is 1.59 bits per heavy atom. The molecule has 0 spiro atoms. The average molecular weight is 564 g/mol. The molecule has 0 aliphatic carbocycles. The molecule has 0 bridgehead atoms. The van der Waals surface area contributed by atoms with Crippen molar-refractivity contribution in [3.05, 3.63) is 81.9 Å². The van der Waals surface area contributed by atoms with Crippen molar-refractivity contribution in [1.82, 2.24) is 0 Å². The SMILES string of the molecule is CC(C)C(C(=O)O)N(c1ccc(-c2ccc(OCc3ccccc3I)cc2)cc1)S(=O)[O-]. The standard InChI is InChI=1S/C24H24INO5S/c1-16(2)23(24(27)28)26(32(29)30)20-11-7-17(8-12-20)18-9-13-21(14-10-18)31-15-19-5-3-4-6-22(19)25/h3-14,16,23H,15H2,1-2H3,(H,27,28)(H,29,30)/p-1. The fourth-order valence-electron chi connectivity index (χ4n) is 3.32. The molecular formula is C24H23INO5S-. The lowest BCUT2D eigenvalue weighted by Gasteiger charge is -2.34. The molecular weight excluding hydrogens is 541 g/mol. The van der Waals surface area contributed by atoms with E-state index in [9.17, 15) is 18.7 Å². The molecule has 6 nitrogen and oxygen atoms in total. The van der Waals surface area contributed by atoms with Crippen molar-refractivity contribution >= 4 is 45.5 Å². The summed E-state index contributed by atoms with van der Waals surface area (Å²) in [5.74, 6) is -0.829. The molecule has 0 fully saturated rings. The summed E-state index contributed by atoms with van der Waals surface area (Å²) in [5.41, 5.74) is 3.24. The summed E-state index contributed by atoms with van der Waals surface area (Å²) in [6.45, 7) is 3.83. The van der Waals surface area contributed by atoms with E-state index in [1.165, 1.54) is 0 Å². The molecule has 0 aliphatic rings. The number of ether oxygens (including phenoxy) is 1. The van der Waals surface area contributed by atoms with E-state index in [0.717, 1.165) is 30.3 Å². The van der Waals surface area contributed by atoms with Gasteiger partial charge in [0.1, 0.15) is 18.4 Å². The highest BCUT2D eigenvalue weighted by Crippen LogP contribution is 2.28. The third-order valence-electron chi connectivity index (χ3n) is 4.96. The number of benzene rings is 3. The minimum Gasteiger partial charge on any atom is -0.755 e. The number of halogens is 1. The van der Waals surface area contributed by atoms with Crippen molar-refractivity contribution < 1.29 is 23.4 Å². The molecule has 0 aliphatic heterocycles. The van der Waals surface area contributed by atoms with Gasteiger partial charge in [-0.05, 0) is 70.0 Å². The van der Waals surface area contributed by atoms with Crippen LogP contribution in [0.2, 0.25) is 0 Å². The largest absolute Gasteiger partial charge is 0.755 e. The Morgan fingerprint density at radius 1 is 1.03 bits per heavy atom. The van der Waals surface area contributed by atoms with E-state index in [4.69, 9.17) is 4.74 Å². The fourth-order valence-corrected chi connectivity index (χ4v) is 4.67. The predicted molar refractivity (Wildman–Crippen MR) is 133 cm³/mol. The van der Waals surface area contributed by atoms with E-state index in [0.29, 0.717) is 12.3 Å². The molecule has 2 unspecified atom stereocenters. The van der Waals surface area contributed by atoms with Crippen LogP contribution in [0.15, 0.2) is 72.8 Å². The van der Waals surface area contributed by atoms with E-state index >= 15 is 0 Å². The van der Waals surface area contributed by atoms with E-state index in [1.54, 1.807) is 38.1 Å². The molecule has 0 radical (unpaired) electrons. The number of carboxylic acids is 1. The minimum atomic E-state index is -2.71. The molecule has 0 saturated carbocycles. The second kappa shape index (κ2) is 10.9. The van der Waals surface area contributed by atoms with Gasteiger partial charge in [0.05, 0.1) is 0 Å². The van der Waals surface area contributed by atoms with Crippen molar-refractivity contribution in [2.75, 3.05) is 4.31 Å². The van der Waals surface area contributed by atoms with Crippen molar-refractivity contribution in [2.45, 2.75) is 26.5 Å². The highest BCUT2D eigenvalue weighted by Gasteiger charge is 2.30. The lowest BCUT2D eigenvalue weighted by molar-refractivity contribution is -0.139. The summed E-state index contributed by atoms with van der Waals surface area (Å²) in [7, 11) is 0. The first-order valence-corrected chi connectivity index (χ1v) is 12.1. The van der Waals surface area contributed by atoms with E-state index in [1.807, 2.05) is 48.5 Å². The van der Waals surface area contributed by atoms with Gasteiger partial charge in [-0.2, -0.15) is 0 Å². The molecule has 3 aromatic rings. The van der Waals surface area contributed by atoms with Gasteiger partial charge in [0.25, 0.3) is 0 Å².